The molecule has 2 aliphatic rings. The molecule has 3 heterocycles. The third kappa shape index (κ3) is 2.95. The normalized spacial score (nSPS) is 26.0. The number of carbonyl (C=O) groups is 1. The molecule has 28 heavy (non-hydrogen) atoms. The van der Waals surface area contributed by atoms with Crippen molar-refractivity contribution in [1.82, 2.24) is 9.88 Å². The highest BCUT2D eigenvalue weighted by Crippen LogP contribution is 2.52. The average Bonchev–Trinajstić information content (AvgIpc) is 3.25. The van der Waals surface area contributed by atoms with Gasteiger partial charge in [0, 0.05) is 18.0 Å². The molecule has 5 rings (SSSR count). The Hall–Kier alpha value is -2.20. The Balaban J connectivity index is 1.60. The lowest BCUT2D eigenvalue weighted by atomic mass is 9.65. The van der Waals surface area contributed by atoms with Gasteiger partial charge in [0.15, 0.2) is 0 Å². The fourth-order valence-corrected chi connectivity index (χ4v) is 6.44. The monoisotopic (exact) mass is 390 g/mol. The van der Waals surface area contributed by atoms with Crippen LogP contribution in [-0.4, -0.2) is 28.4 Å². The van der Waals surface area contributed by atoms with Crippen molar-refractivity contribution >= 4 is 28.1 Å². The number of thiophene rings is 1. The number of carbonyl (C=O) groups excluding carboxylic acids is 1. The van der Waals surface area contributed by atoms with Crippen molar-refractivity contribution in [3.63, 3.8) is 0 Å². The largest absolute Gasteiger partial charge is 0.335 e. The summed E-state index contributed by atoms with van der Waals surface area (Å²) in [6.07, 6.45) is 3.41. The molecular weight excluding hydrogens is 364 g/mol. The Kier molecular flexibility index (Phi) is 3.92. The van der Waals surface area contributed by atoms with Crippen molar-refractivity contribution < 1.29 is 4.79 Å². The van der Waals surface area contributed by atoms with Crippen molar-refractivity contribution in [1.29, 1.82) is 0 Å². The molecule has 144 valence electrons. The van der Waals surface area contributed by atoms with Gasteiger partial charge in [-0.05, 0) is 53.7 Å². The van der Waals surface area contributed by atoms with Gasteiger partial charge >= 0.3 is 0 Å². The van der Waals surface area contributed by atoms with Crippen molar-refractivity contribution in [3.8, 4) is 10.6 Å². The number of fused-ring (bicyclic) bond motifs is 3. The lowest BCUT2D eigenvalue weighted by Crippen LogP contribution is -2.37. The van der Waals surface area contributed by atoms with Gasteiger partial charge in [-0.15, -0.1) is 11.3 Å². The minimum absolute atomic E-state index is 0.169. The first kappa shape index (κ1) is 17.9. The molecule has 1 saturated carbocycles. The molecule has 0 N–H and O–H groups in total. The molecule has 4 heteroatoms. The first-order valence-electron chi connectivity index (χ1n) is 10.1. The van der Waals surface area contributed by atoms with Gasteiger partial charge in [-0.25, -0.2) is 4.98 Å². The van der Waals surface area contributed by atoms with Crippen LogP contribution in [0.15, 0.2) is 47.8 Å². The number of pyridine rings is 1. The predicted molar refractivity (Wildman–Crippen MR) is 116 cm³/mol. The van der Waals surface area contributed by atoms with Gasteiger partial charge < -0.3 is 4.90 Å². The minimum atomic E-state index is 0.169. The van der Waals surface area contributed by atoms with Crippen LogP contribution in [0.3, 0.4) is 0 Å². The zero-order valence-corrected chi connectivity index (χ0v) is 17.6. The van der Waals surface area contributed by atoms with E-state index in [1.54, 1.807) is 11.3 Å². The summed E-state index contributed by atoms with van der Waals surface area (Å²) >= 11 is 1.66. The molecule has 1 aliphatic heterocycles. The van der Waals surface area contributed by atoms with E-state index in [9.17, 15) is 4.79 Å². The fraction of sp³-hybridized carbons (Fsp3) is 0.417. The highest BCUT2D eigenvalue weighted by atomic mass is 32.1. The van der Waals surface area contributed by atoms with Gasteiger partial charge in [0.25, 0.3) is 5.91 Å². The van der Waals surface area contributed by atoms with Gasteiger partial charge in [0.1, 0.15) is 0 Å². The summed E-state index contributed by atoms with van der Waals surface area (Å²) in [6, 6.07) is 14.5. The van der Waals surface area contributed by atoms with E-state index in [1.807, 2.05) is 36.4 Å². The molecule has 1 aromatic carbocycles. The summed E-state index contributed by atoms with van der Waals surface area (Å²) in [7, 11) is 0. The molecule has 2 atom stereocenters. The topological polar surface area (TPSA) is 33.2 Å². The lowest BCUT2D eigenvalue weighted by molar-refractivity contribution is 0.0710. The Labute approximate surface area is 170 Å². The molecule has 0 radical (unpaired) electrons. The first-order valence-corrected chi connectivity index (χ1v) is 11.0. The van der Waals surface area contributed by atoms with Crippen LogP contribution in [0.5, 0.6) is 0 Å². The Morgan fingerprint density at radius 2 is 1.96 bits per heavy atom. The number of rotatable bonds is 2. The van der Waals surface area contributed by atoms with E-state index in [4.69, 9.17) is 4.98 Å². The van der Waals surface area contributed by atoms with Crippen LogP contribution in [0.25, 0.3) is 21.5 Å². The Morgan fingerprint density at radius 3 is 2.75 bits per heavy atom. The van der Waals surface area contributed by atoms with Gasteiger partial charge in [-0.3, -0.25) is 4.79 Å². The standard InChI is InChI=1S/C24H26N2OS/c1-23(2)12-16-13-24(3,14-23)15-26(16)22(27)18-11-20(21-9-6-10-28-21)25-19-8-5-4-7-17(18)19/h4-11,16H,12-15H2,1-3H3/t16-,24+/m0/s1. The second kappa shape index (κ2) is 6.15. The van der Waals surface area contributed by atoms with Crippen LogP contribution in [0.1, 0.15) is 50.4 Å². The first-order chi connectivity index (χ1) is 13.3. The molecule has 2 aromatic heterocycles. The Morgan fingerprint density at radius 1 is 1.14 bits per heavy atom. The number of amides is 1. The van der Waals surface area contributed by atoms with Crippen LogP contribution in [-0.2, 0) is 0 Å². The van der Waals surface area contributed by atoms with Crippen molar-refractivity contribution in [2.45, 2.75) is 46.1 Å². The molecular formula is C24H26N2OS. The van der Waals surface area contributed by atoms with Crippen molar-refractivity contribution in [2.75, 3.05) is 6.54 Å². The molecule has 1 saturated heterocycles. The molecule has 0 unspecified atom stereocenters. The van der Waals surface area contributed by atoms with E-state index >= 15 is 0 Å². The smallest absolute Gasteiger partial charge is 0.254 e. The van der Waals surface area contributed by atoms with Crippen LogP contribution in [0.4, 0.5) is 0 Å². The van der Waals surface area contributed by atoms with E-state index in [1.165, 1.54) is 6.42 Å². The van der Waals surface area contributed by atoms with E-state index in [0.29, 0.717) is 11.5 Å². The maximum atomic E-state index is 13.8. The number of hydrogen-bond donors (Lipinski definition) is 0. The van der Waals surface area contributed by atoms with Crippen molar-refractivity contribution in [3.05, 3.63) is 53.4 Å². The highest BCUT2D eigenvalue weighted by molar-refractivity contribution is 7.13. The second-order valence-corrected chi connectivity index (χ2v) is 10.6. The molecule has 3 aromatic rings. The quantitative estimate of drug-likeness (QED) is 0.537. The number of likely N-dealkylation sites (tertiary alicyclic amines) is 1. The van der Waals surface area contributed by atoms with Crippen LogP contribution < -0.4 is 0 Å². The number of nitrogens with zero attached hydrogens (tertiary/aromatic N) is 2. The maximum absolute atomic E-state index is 13.8. The molecule has 2 fully saturated rings. The fourth-order valence-electron chi connectivity index (χ4n) is 5.75. The maximum Gasteiger partial charge on any atom is 0.254 e. The third-order valence-electron chi connectivity index (χ3n) is 6.40. The average molecular weight is 391 g/mol. The summed E-state index contributed by atoms with van der Waals surface area (Å²) in [4.78, 5) is 21.9. The molecule has 2 bridgehead atoms. The summed E-state index contributed by atoms with van der Waals surface area (Å²) in [5.41, 5.74) is 3.12. The van der Waals surface area contributed by atoms with Gasteiger partial charge in [0.05, 0.1) is 21.7 Å². The van der Waals surface area contributed by atoms with E-state index < -0.39 is 0 Å². The SMILES string of the molecule is CC1(C)C[C@H]2C[C@@](C)(CN2C(=O)c2cc(-c3cccs3)nc3ccccc23)C1. The van der Waals surface area contributed by atoms with Gasteiger partial charge in [-0.2, -0.15) is 0 Å². The summed E-state index contributed by atoms with van der Waals surface area (Å²) in [6.45, 7) is 7.92. The molecule has 1 aliphatic carbocycles. The summed E-state index contributed by atoms with van der Waals surface area (Å²) in [5, 5.41) is 3.01. The van der Waals surface area contributed by atoms with Crippen LogP contribution >= 0.6 is 11.3 Å². The van der Waals surface area contributed by atoms with E-state index in [0.717, 1.165) is 46.4 Å². The van der Waals surface area contributed by atoms with Crippen molar-refractivity contribution in [2.24, 2.45) is 10.8 Å². The number of para-hydroxylation sites is 1. The zero-order valence-electron chi connectivity index (χ0n) is 16.7. The predicted octanol–water partition coefficient (Wildman–Crippen LogP) is 6.00. The van der Waals surface area contributed by atoms with Crippen LogP contribution in [0.2, 0.25) is 0 Å². The number of benzene rings is 1. The van der Waals surface area contributed by atoms with E-state index in [-0.39, 0.29) is 11.3 Å². The van der Waals surface area contributed by atoms with Crippen LogP contribution in [0, 0.1) is 10.8 Å². The molecule has 0 spiro atoms. The number of aromatic nitrogens is 1. The van der Waals surface area contributed by atoms with Gasteiger partial charge in [-0.1, -0.05) is 45.0 Å². The highest BCUT2D eigenvalue weighted by Gasteiger charge is 2.51. The Bertz CT molecular complexity index is 1060. The molecule has 3 nitrogen and oxygen atoms in total. The molecule has 1 amide bonds. The number of hydrogen-bond acceptors (Lipinski definition) is 3. The summed E-state index contributed by atoms with van der Waals surface area (Å²) < 4.78 is 0. The second-order valence-electron chi connectivity index (χ2n) is 9.70. The zero-order chi connectivity index (χ0) is 19.5. The lowest BCUT2D eigenvalue weighted by Gasteiger charge is -2.39. The van der Waals surface area contributed by atoms with Gasteiger partial charge in [0.2, 0.25) is 0 Å². The third-order valence-corrected chi connectivity index (χ3v) is 7.29. The minimum Gasteiger partial charge on any atom is -0.335 e. The summed E-state index contributed by atoms with van der Waals surface area (Å²) in [5.74, 6) is 0.169. The van der Waals surface area contributed by atoms with E-state index in [2.05, 4.69) is 37.1 Å².